The van der Waals surface area contributed by atoms with Crippen molar-refractivity contribution in [2.45, 2.75) is 78.2 Å². The van der Waals surface area contributed by atoms with Crippen molar-refractivity contribution in [2.75, 3.05) is 0 Å². The highest BCUT2D eigenvalue weighted by molar-refractivity contribution is 7.80. The van der Waals surface area contributed by atoms with Crippen LogP contribution in [0.25, 0.3) is 0 Å². The molecule has 0 bridgehead atoms. The third kappa shape index (κ3) is 3.12. The summed E-state index contributed by atoms with van der Waals surface area (Å²) >= 11 is 0. The lowest BCUT2D eigenvalue weighted by Crippen LogP contribution is -2.54. The largest absolute Gasteiger partial charge is 0.397 e. The van der Waals surface area contributed by atoms with Crippen LogP contribution in [-0.2, 0) is 19.4 Å². The Morgan fingerprint density at radius 1 is 1.15 bits per heavy atom. The Kier molecular flexibility index (Phi) is 4.64. The van der Waals surface area contributed by atoms with Crippen molar-refractivity contribution >= 4 is 16.2 Å². The maximum absolute atomic E-state index is 12.2. The lowest BCUT2D eigenvalue weighted by Gasteiger charge is -2.60. The van der Waals surface area contributed by atoms with Gasteiger partial charge in [-0.2, -0.15) is 8.42 Å². The van der Waals surface area contributed by atoms with Crippen molar-refractivity contribution in [3.8, 4) is 0 Å². The van der Waals surface area contributed by atoms with Crippen molar-refractivity contribution in [1.29, 1.82) is 0 Å². The van der Waals surface area contributed by atoms with E-state index in [0.717, 1.165) is 50.5 Å². The van der Waals surface area contributed by atoms with E-state index in [4.69, 9.17) is 8.74 Å². The van der Waals surface area contributed by atoms with Crippen LogP contribution in [0.5, 0.6) is 0 Å². The number of carbonyl (C=O) groups is 1. The van der Waals surface area contributed by atoms with Gasteiger partial charge in [0.2, 0.25) is 0 Å². The predicted octanol–water partition coefficient (Wildman–Crippen LogP) is 4.34. The van der Waals surface area contributed by atoms with Gasteiger partial charge in [0.25, 0.3) is 0 Å². The maximum Gasteiger partial charge on any atom is 0.397 e. The highest BCUT2D eigenvalue weighted by Crippen LogP contribution is 2.66. The molecule has 0 aromatic rings. The van der Waals surface area contributed by atoms with E-state index < -0.39 is 10.4 Å². The second-order valence-electron chi connectivity index (χ2n) is 9.94. The van der Waals surface area contributed by atoms with Crippen molar-refractivity contribution < 1.29 is 21.9 Å². The molecule has 0 radical (unpaired) electrons. The summed E-state index contributed by atoms with van der Waals surface area (Å²) in [6.07, 6.45) is 9.69. The summed E-state index contributed by atoms with van der Waals surface area (Å²) in [6.45, 7) is 6.41. The molecule has 0 aliphatic heterocycles. The fourth-order valence-electron chi connectivity index (χ4n) is 7.59. The summed E-state index contributed by atoms with van der Waals surface area (Å²) in [5, 5.41) is 0. The molecule has 3 fully saturated rings. The van der Waals surface area contributed by atoms with Crippen LogP contribution in [0.2, 0.25) is 0 Å². The number of Topliss-reactive ketones (excluding diaryl/α,β-unsaturated/α-hetero) is 1. The highest BCUT2D eigenvalue weighted by atomic mass is 32.3. The second kappa shape index (κ2) is 6.39. The van der Waals surface area contributed by atoms with E-state index in [1.807, 2.05) is 0 Å². The van der Waals surface area contributed by atoms with Crippen LogP contribution >= 0.6 is 0 Å². The molecule has 4 rings (SSSR count). The Morgan fingerprint density at radius 3 is 2.56 bits per heavy atom. The molecule has 152 valence electrons. The minimum Gasteiger partial charge on any atom is -0.295 e. The molecule has 0 spiro atoms. The van der Waals surface area contributed by atoms with Gasteiger partial charge in [0, 0.05) is 0 Å². The third-order valence-electron chi connectivity index (χ3n) is 8.84. The lowest BCUT2D eigenvalue weighted by atomic mass is 9.44. The van der Waals surface area contributed by atoms with E-state index in [0.29, 0.717) is 30.1 Å². The van der Waals surface area contributed by atoms with Crippen molar-refractivity contribution in [3.05, 3.63) is 11.6 Å². The monoisotopic (exact) mass is 396 g/mol. The molecule has 0 aromatic heterocycles. The van der Waals surface area contributed by atoms with Gasteiger partial charge in [-0.05, 0) is 98.4 Å². The van der Waals surface area contributed by atoms with Crippen molar-refractivity contribution in [2.24, 2.45) is 34.5 Å². The Balaban J connectivity index is 1.54. The number of fused-ring (bicyclic) bond motifs is 5. The zero-order valence-electron chi connectivity index (χ0n) is 16.6. The Labute approximate surface area is 162 Å². The van der Waals surface area contributed by atoms with Crippen LogP contribution in [-0.4, -0.2) is 24.9 Å². The van der Waals surface area contributed by atoms with Crippen LogP contribution in [0.1, 0.15) is 72.1 Å². The molecule has 1 N–H and O–H groups in total. The summed E-state index contributed by atoms with van der Waals surface area (Å²) in [5.74, 6) is 2.55. The third-order valence-corrected chi connectivity index (χ3v) is 9.35. The maximum atomic E-state index is 12.2. The average Bonchev–Trinajstić information content (AvgIpc) is 2.91. The van der Waals surface area contributed by atoms with Crippen molar-refractivity contribution in [1.82, 2.24) is 0 Å². The number of hydrogen-bond donors (Lipinski definition) is 1. The van der Waals surface area contributed by atoms with Gasteiger partial charge < -0.3 is 0 Å². The number of carbonyl (C=O) groups excluding carboxylic acids is 1. The van der Waals surface area contributed by atoms with Gasteiger partial charge in [-0.15, -0.1) is 0 Å². The fourth-order valence-corrected chi connectivity index (χ4v) is 8.11. The summed E-state index contributed by atoms with van der Waals surface area (Å²) in [6, 6.07) is 0. The standard InChI is InChI=1S/C21H32O5S/c1-13(22)17-6-7-18-16-5-4-14-12-15(26-27(23,24)25)8-10-20(14,2)19(16)9-11-21(17,18)3/h6,14-16,18-19H,4-5,7-12H2,1-3H3,(H,23,24,25)/t14-,15-,16-,18-,19-,20-,21+/m0/s1. The molecule has 3 saturated carbocycles. The Morgan fingerprint density at radius 2 is 1.89 bits per heavy atom. The quantitative estimate of drug-likeness (QED) is 0.718. The molecule has 7 atom stereocenters. The first-order valence-corrected chi connectivity index (χ1v) is 11.8. The summed E-state index contributed by atoms with van der Waals surface area (Å²) in [7, 11) is -4.38. The Hall–Kier alpha value is -0.720. The fraction of sp³-hybridized carbons (Fsp3) is 0.857. The van der Waals surface area contributed by atoms with Crippen LogP contribution < -0.4 is 0 Å². The van der Waals surface area contributed by atoms with Gasteiger partial charge >= 0.3 is 10.4 Å². The van der Waals surface area contributed by atoms with Gasteiger partial charge in [-0.25, -0.2) is 4.18 Å². The van der Waals surface area contributed by atoms with Gasteiger partial charge in [0.05, 0.1) is 6.10 Å². The number of allylic oxidation sites excluding steroid dienone is 2. The molecular formula is C21H32O5S. The molecule has 6 heteroatoms. The topological polar surface area (TPSA) is 80.7 Å². The molecule has 0 heterocycles. The molecule has 4 aliphatic carbocycles. The molecular weight excluding hydrogens is 364 g/mol. The van der Waals surface area contributed by atoms with Crippen molar-refractivity contribution in [3.63, 3.8) is 0 Å². The predicted molar refractivity (Wildman–Crippen MR) is 102 cm³/mol. The number of rotatable bonds is 3. The molecule has 5 nitrogen and oxygen atoms in total. The van der Waals surface area contributed by atoms with E-state index in [1.165, 1.54) is 0 Å². The van der Waals surface area contributed by atoms with Gasteiger partial charge in [0.1, 0.15) is 0 Å². The summed E-state index contributed by atoms with van der Waals surface area (Å²) < 4.78 is 36.2. The number of ketones is 1. The number of hydrogen-bond acceptors (Lipinski definition) is 4. The molecule has 27 heavy (non-hydrogen) atoms. The molecule has 0 saturated heterocycles. The SMILES string of the molecule is CC(=O)C1=CC[C@H]2[C@@H]3CC[C@H]4C[C@@H](OS(=O)(=O)O)CC[C@]4(C)[C@H]3CC[C@]12C. The highest BCUT2D eigenvalue weighted by Gasteiger charge is 2.59. The van der Waals surface area contributed by atoms with E-state index in [2.05, 4.69) is 19.9 Å². The second-order valence-corrected chi connectivity index (χ2v) is 11.0. The minimum absolute atomic E-state index is 0.0431. The first-order chi connectivity index (χ1) is 12.5. The minimum atomic E-state index is -4.38. The Bertz CT molecular complexity index is 771. The van der Waals surface area contributed by atoms with E-state index >= 15 is 0 Å². The van der Waals surface area contributed by atoms with Crippen LogP contribution in [0.3, 0.4) is 0 Å². The van der Waals surface area contributed by atoms with E-state index in [-0.39, 0.29) is 22.7 Å². The molecule has 0 amide bonds. The summed E-state index contributed by atoms with van der Waals surface area (Å²) in [5.41, 5.74) is 1.31. The van der Waals surface area contributed by atoms with Gasteiger partial charge in [-0.3, -0.25) is 9.35 Å². The molecule has 0 unspecified atom stereocenters. The smallest absolute Gasteiger partial charge is 0.295 e. The molecule has 0 aromatic carbocycles. The first kappa shape index (κ1) is 19.6. The van der Waals surface area contributed by atoms with Crippen LogP contribution in [0.4, 0.5) is 0 Å². The lowest BCUT2D eigenvalue weighted by molar-refractivity contribution is -0.123. The van der Waals surface area contributed by atoms with Crippen LogP contribution in [0, 0.1) is 34.5 Å². The average molecular weight is 397 g/mol. The van der Waals surface area contributed by atoms with E-state index in [1.54, 1.807) is 6.92 Å². The zero-order chi connectivity index (χ0) is 19.6. The van der Waals surface area contributed by atoms with E-state index in [9.17, 15) is 13.2 Å². The van der Waals surface area contributed by atoms with Gasteiger partial charge in [-0.1, -0.05) is 19.9 Å². The first-order valence-electron chi connectivity index (χ1n) is 10.4. The normalized spacial score (nSPS) is 46.8. The molecule has 4 aliphatic rings. The zero-order valence-corrected chi connectivity index (χ0v) is 17.4. The van der Waals surface area contributed by atoms with Crippen LogP contribution in [0.15, 0.2) is 11.6 Å². The van der Waals surface area contributed by atoms with Gasteiger partial charge in [0.15, 0.2) is 5.78 Å². The summed E-state index contributed by atoms with van der Waals surface area (Å²) in [4.78, 5) is 12.2.